The van der Waals surface area contributed by atoms with Gasteiger partial charge in [0.1, 0.15) is 0 Å². The number of nitrogens with zero attached hydrogens (tertiary/aromatic N) is 2. The first-order valence-corrected chi connectivity index (χ1v) is 4.32. The van der Waals surface area contributed by atoms with E-state index in [2.05, 4.69) is 6.07 Å². The van der Waals surface area contributed by atoms with Gasteiger partial charge in [-0.15, -0.1) is 0 Å². The van der Waals surface area contributed by atoms with Gasteiger partial charge in [0, 0.05) is 19.8 Å². The summed E-state index contributed by atoms with van der Waals surface area (Å²) in [6.07, 6.45) is 0. The Bertz CT molecular complexity index is 323. The van der Waals surface area contributed by atoms with Gasteiger partial charge in [-0.25, -0.2) is 0 Å². The summed E-state index contributed by atoms with van der Waals surface area (Å²) in [4.78, 5) is 2.03. The molecule has 0 heterocycles. The molecule has 2 nitrogen and oxygen atoms in total. The predicted octanol–water partition coefficient (Wildman–Crippen LogP) is 2.38. The summed E-state index contributed by atoms with van der Waals surface area (Å²) in [5.74, 6) is -0.0430. The summed E-state index contributed by atoms with van der Waals surface area (Å²) in [5.41, 5.74) is 2.21. The number of nitriles is 1. The second-order valence-electron chi connectivity index (χ2n) is 3.30. The molecule has 0 bridgehead atoms. The van der Waals surface area contributed by atoms with Crippen LogP contribution in [0.3, 0.4) is 0 Å². The zero-order valence-electron chi connectivity index (χ0n) is 8.28. The largest absolute Gasteiger partial charge is 0.377 e. The third-order valence-corrected chi connectivity index (χ3v) is 2.08. The van der Waals surface area contributed by atoms with Gasteiger partial charge < -0.3 is 4.90 Å². The van der Waals surface area contributed by atoms with E-state index in [4.69, 9.17) is 5.26 Å². The molecule has 0 saturated carbocycles. The van der Waals surface area contributed by atoms with Crippen molar-refractivity contribution >= 4 is 5.69 Å². The smallest absolute Gasteiger partial charge is 0.0704 e. The molecule has 0 fully saturated rings. The Balaban J connectivity index is 3.13. The van der Waals surface area contributed by atoms with Gasteiger partial charge in [-0.2, -0.15) is 5.26 Å². The molecular formula is C11H14N2. The van der Waals surface area contributed by atoms with Crippen molar-refractivity contribution in [3.63, 3.8) is 0 Å². The van der Waals surface area contributed by atoms with Crippen LogP contribution in [0, 0.1) is 11.3 Å². The molecule has 0 amide bonds. The molecule has 0 radical (unpaired) electrons. The van der Waals surface area contributed by atoms with Gasteiger partial charge >= 0.3 is 0 Å². The fourth-order valence-corrected chi connectivity index (χ4v) is 1.33. The maximum atomic E-state index is 8.83. The second-order valence-corrected chi connectivity index (χ2v) is 3.30. The average Bonchev–Trinajstić information content (AvgIpc) is 2.16. The molecule has 0 aliphatic heterocycles. The lowest BCUT2D eigenvalue weighted by Crippen LogP contribution is -2.11. The van der Waals surface area contributed by atoms with Crippen molar-refractivity contribution in [1.82, 2.24) is 0 Å². The van der Waals surface area contributed by atoms with Crippen LogP contribution in [0.4, 0.5) is 5.69 Å². The number of hydrogen-bond acceptors (Lipinski definition) is 2. The van der Waals surface area contributed by atoms with Gasteiger partial charge in [0.25, 0.3) is 0 Å². The van der Waals surface area contributed by atoms with Crippen LogP contribution < -0.4 is 4.90 Å². The van der Waals surface area contributed by atoms with Crippen LogP contribution in [0.5, 0.6) is 0 Å². The third-order valence-electron chi connectivity index (χ3n) is 2.08. The van der Waals surface area contributed by atoms with Crippen molar-refractivity contribution in [2.45, 2.75) is 12.8 Å². The van der Waals surface area contributed by atoms with Gasteiger partial charge in [-0.05, 0) is 18.6 Å². The molecule has 68 valence electrons. The molecule has 0 aromatic heterocycles. The van der Waals surface area contributed by atoms with Gasteiger partial charge in [-0.1, -0.05) is 18.2 Å². The normalized spacial score (nSPS) is 11.8. The molecular weight excluding hydrogens is 160 g/mol. The molecule has 2 heteroatoms. The molecule has 0 aliphatic rings. The van der Waals surface area contributed by atoms with E-state index in [-0.39, 0.29) is 5.92 Å². The molecule has 13 heavy (non-hydrogen) atoms. The van der Waals surface area contributed by atoms with Crippen molar-refractivity contribution < 1.29 is 0 Å². The highest BCUT2D eigenvalue weighted by molar-refractivity contribution is 5.55. The van der Waals surface area contributed by atoms with Gasteiger partial charge in [0.2, 0.25) is 0 Å². The van der Waals surface area contributed by atoms with Crippen molar-refractivity contribution in [3.05, 3.63) is 29.8 Å². The van der Waals surface area contributed by atoms with E-state index in [0.29, 0.717) is 0 Å². The lowest BCUT2D eigenvalue weighted by atomic mass is 10.0. The van der Waals surface area contributed by atoms with Gasteiger partial charge in [0.15, 0.2) is 0 Å². The van der Waals surface area contributed by atoms with Crippen LogP contribution in [-0.4, -0.2) is 14.1 Å². The highest BCUT2D eigenvalue weighted by Gasteiger charge is 2.09. The molecule has 1 aromatic carbocycles. The second kappa shape index (κ2) is 3.95. The van der Waals surface area contributed by atoms with E-state index < -0.39 is 0 Å². The van der Waals surface area contributed by atoms with Crippen molar-refractivity contribution in [1.29, 1.82) is 5.26 Å². The van der Waals surface area contributed by atoms with Crippen LogP contribution in [0.1, 0.15) is 18.4 Å². The monoisotopic (exact) mass is 174 g/mol. The Morgan fingerprint density at radius 3 is 2.46 bits per heavy atom. The SMILES string of the molecule is CC(C#N)c1ccccc1N(C)C. The first kappa shape index (κ1) is 9.60. The number of rotatable bonds is 2. The summed E-state index contributed by atoms with van der Waals surface area (Å²) in [7, 11) is 3.98. The van der Waals surface area contributed by atoms with E-state index in [0.717, 1.165) is 11.3 Å². The number of benzene rings is 1. The third kappa shape index (κ3) is 2.00. The Labute approximate surface area is 79.4 Å². The minimum Gasteiger partial charge on any atom is -0.377 e. The van der Waals surface area contributed by atoms with Crippen LogP contribution >= 0.6 is 0 Å². The molecule has 0 N–H and O–H groups in total. The van der Waals surface area contributed by atoms with Gasteiger partial charge in [-0.3, -0.25) is 0 Å². The summed E-state index contributed by atoms with van der Waals surface area (Å²) in [6.45, 7) is 1.92. The predicted molar refractivity (Wildman–Crippen MR) is 54.8 cm³/mol. The lowest BCUT2D eigenvalue weighted by Gasteiger charge is -2.18. The molecule has 1 atom stereocenters. The fourth-order valence-electron chi connectivity index (χ4n) is 1.33. The molecule has 0 aliphatic carbocycles. The highest BCUT2D eigenvalue weighted by atomic mass is 15.1. The Morgan fingerprint density at radius 2 is 1.92 bits per heavy atom. The van der Waals surface area contributed by atoms with Gasteiger partial charge in [0.05, 0.1) is 12.0 Å². The maximum Gasteiger partial charge on any atom is 0.0704 e. The van der Waals surface area contributed by atoms with E-state index in [9.17, 15) is 0 Å². The summed E-state index contributed by atoms with van der Waals surface area (Å²) < 4.78 is 0. The first-order valence-electron chi connectivity index (χ1n) is 4.32. The zero-order valence-corrected chi connectivity index (χ0v) is 8.28. The van der Waals surface area contributed by atoms with Crippen LogP contribution in [0.2, 0.25) is 0 Å². The molecule has 0 spiro atoms. The van der Waals surface area contributed by atoms with E-state index in [1.807, 2.05) is 50.2 Å². The van der Waals surface area contributed by atoms with Crippen LogP contribution in [-0.2, 0) is 0 Å². The van der Waals surface area contributed by atoms with Crippen molar-refractivity contribution in [3.8, 4) is 6.07 Å². The highest BCUT2D eigenvalue weighted by Crippen LogP contribution is 2.25. The standard InChI is InChI=1S/C11H14N2/c1-9(8-12)10-6-4-5-7-11(10)13(2)3/h4-7,9H,1-3H3. The average molecular weight is 174 g/mol. The molecule has 0 saturated heterocycles. The quantitative estimate of drug-likeness (QED) is 0.688. The Kier molecular flexibility index (Phi) is 2.92. The van der Waals surface area contributed by atoms with Crippen LogP contribution in [0.25, 0.3) is 0 Å². The minimum absolute atomic E-state index is 0.0430. The lowest BCUT2D eigenvalue weighted by molar-refractivity contribution is 0.961. The molecule has 1 rings (SSSR count). The van der Waals surface area contributed by atoms with Crippen molar-refractivity contribution in [2.24, 2.45) is 0 Å². The van der Waals surface area contributed by atoms with Crippen LogP contribution in [0.15, 0.2) is 24.3 Å². The first-order chi connectivity index (χ1) is 6.16. The fraction of sp³-hybridized carbons (Fsp3) is 0.364. The maximum absolute atomic E-state index is 8.83. The van der Waals surface area contributed by atoms with Crippen molar-refractivity contribution in [2.75, 3.05) is 19.0 Å². The Morgan fingerprint density at radius 1 is 1.31 bits per heavy atom. The summed E-state index contributed by atoms with van der Waals surface area (Å²) >= 11 is 0. The van der Waals surface area contributed by atoms with E-state index in [1.54, 1.807) is 0 Å². The molecule has 1 aromatic rings. The number of hydrogen-bond donors (Lipinski definition) is 0. The Hall–Kier alpha value is -1.49. The summed E-state index contributed by atoms with van der Waals surface area (Å²) in [6, 6.07) is 10.2. The summed E-state index contributed by atoms with van der Waals surface area (Å²) in [5, 5.41) is 8.83. The molecule has 1 unspecified atom stereocenters. The van der Waals surface area contributed by atoms with E-state index in [1.165, 1.54) is 0 Å². The number of para-hydroxylation sites is 1. The zero-order chi connectivity index (χ0) is 9.84. The van der Waals surface area contributed by atoms with E-state index >= 15 is 0 Å². The topological polar surface area (TPSA) is 27.0 Å². The number of anilines is 1. The minimum atomic E-state index is -0.0430.